The Bertz CT molecular complexity index is 861. The molecule has 154 valence electrons. The van der Waals surface area contributed by atoms with E-state index in [0.29, 0.717) is 22.9 Å². The molecule has 0 aromatic heterocycles. The molecular formula is C21H26N4O4. The number of carbonyl (C=O) groups excluding carboxylic acids is 2. The van der Waals surface area contributed by atoms with Crippen LogP contribution in [0.1, 0.15) is 0 Å². The van der Waals surface area contributed by atoms with E-state index in [9.17, 15) is 9.59 Å². The summed E-state index contributed by atoms with van der Waals surface area (Å²) in [6, 6.07) is 12.4. The normalized spacial score (nSPS) is 14.2. The van der Waals surface area contributed by atoms with Crippen molar-refractivity contribution in [3.05, 3.63) is 42.5 Å². The van der Waals surface area contributed by atoms with Gasteiger partial charge in [-0.1, -0.05) is 0 Å². The van der Waals surface area contributed by atoms with Crippen molar-refractivity contribution in [1.29, 1.82) is 0 Å². The number of benzene rings is 2. The van der Waals surface area contributed by atoms with E-state index in [0.717, 1.165) is 31.9 Å². The molecule has 0 radical (unpaired) electrons. The highest BCUT2D eigenvalue weighted by Gasteiger charge is 2.18. The lowest BCUT2D eigenvalue weighted by Gasteiger charge is -2.34. The molecule has 2 aromatic carbocycles. The Balaban J connectivity index is 1.59. The van der Waals surface area contributed by atoms with Crippen molar-refractivity contribution in [2.45, 2.75) is 0 Å². The largest absolute Gasteiger partial charge is 0.497 e. The first-order valence-corrected chi connectivity index (χ1v) is 9.38. The fourth-order valence-electron chi connectivity index (χ4n) is 3.09. The smallest absolute Gasteiger partial charge is 0.314 e. The molecule has 2 aromatic rings. The number of carbonyl (C=O) groups is 2. The van der Waals surface area contributed by atoms with Crippen LogP contribution in [0.2, 0.25) is 0 Å². The molecule has 8 heteroatoms. The molecule has 29 heavy (non-hydrogen) atoms. The van der Waals surface area contributed by atoms with Crippen LogP contribution in [0.4, 0.5) is 17.1 Å². The van der Waals surface area contributed by atoms with Crippen LogP contribution in [-0.4, -0.2) is 64.2 Å². The molecule has 0 atom stereocenters. The molecule has 2 amide bonds. The van der Waals surface area contributed by atoms with Crippen molar-refractivity contribution in [1.82, 2.24) is 4.90 Å². The summed E-state index contributed by atoms with van der Waals surface area (Å²) in [5, 5.41) is 5.17. The Labute approximate surface area is 170 Å². The predicted molar refractivity (Wildman–Crippen MR) is 113 cm³/mol. The number of hydrogen-bond acceptors (Lipinski definition) is 6. The van der Waals surface area contributed by atoms with E-state index in [-0.39, 0.29) is 0 Å². The number of rotatable bonds is 5. The maximum Gasteiger partial charge on any atom is 0.314 e. The Morgan fingerprint density at radius 1 is 0.862 bits per heavy atom. The third-order valence-corrected chi connectivity index (χ3v) is 4.86. The molecule has 0 unspecified atom stereocenters. The first-order chi connectivity index (χ1) is 14.0. The van der Waals surface area contributed by atoms with E-state index in [1.54, 1.807) is 30.3 Å². The van der Waals surface area contributed by atoms with Crippen molar-refractivity contribution < 1.29 is 19.1 Å². The number of piperazine rings is 1. The number of anilines is 3. The third kappa shape index (κ3) is 5.17. The lowest BCUT2D eigenvalue weighted by molar-refractivity contribution is -0.133. The zero-order valence-electron chi connectivity index (χ0n) is 16.9. The summed E-state index contributed by atoms with van der Waals surface area (Å²) >= 11 is 0. The molecule has 1 aliphatic heterocycles. The molecule has 1 heterocycles. The molecule has 8 nitrogen and oxygen atoms in total. The first-order valence-electron chi connectivity index (χ1n) is 9.38. The van der Waals surface area contributed by atoms with E-state index in [1.807, 2.05) is 12.1 Å². The molecule has 1 saturated heterocycles. The second kappa shape index (κ2) is 9.29. The van der Waals surface area contributed by atoms with Gasteiger partial charge in [-0.25, -0.2) is 0 Å². The van der Waals surface area contributed by atoms with Gasteiger partial charge in [-0.05, 0) is 43.4 Å². The summed E-state index contributed by atoms with van der Waals surface area (Å²) < 4.78 is 10.4. The molecule has 0 bridgehead atoms. The molecule has 3 rings (SSSR count). The van der Waals surface area contributed by atoms with Gasteiger partial charge in [0.05, 0.1) is 19.9 Å². The quantitative estimate of drug-likeness (QED) is 0.750. The minimum Gasteiger partial charge on any atom is -0.497 e. The number of methoxy groups -OCH3 is 2. The van der Waals surface area contributed by atoms with Crippen LogP contribution in [0, 0.1) is 0 Å². The van der Waals surface area contributed by atoms with Crippen LogP contribution >= 0.6 is 0 Å². The second-order valence-corrected chi connectivity index (χ2v) is 6.81. The van der Waals surface area contributed by atoms with Crippen LogP contribution < -0.4 is 25.0 Å². The monoisotopic (exact) mass is 398 g/mol. The molecule has 1 fully saturated rings. The highest BCUT2D eigenvalue weighted by atomic mass is 16.5. The number of ether oxygens (including phenoxy) is 2. The number of likely N-dealkylation sites (N-methyl/N-ethyl adjacent to an activating group) is 1. The molecule has 0 saturated carbocycles. The summed E-state index contributed by atoms with van der Waals surface area (Å²) in [5.74, 6) is -0.543. The number of nitrogens with zero attached hydrogens (tertiary/aromatic N) is 2. The Morgan fingerprint density at radius 3 is 2.14 bits per heavy atom. The maximum absolute atomic E-state index is 12.3. The Morgan fingerprint density at radius 2 is 1.52 bits per heavy atom. The lowest BCUT2D eigenvalue weighted by Crippen LogP contribution is -2.44. The van der Waals surface area contributed by atoms with Gasteiger partial charge in [0.15, 0.2) is 0 Å². The minimum atomic E-state index is -0.781. The van der Waals surface area contributed by atoms with Gasteiger partial charge in [-0.3, -0.25) is 9.59 Å². The fourth-order valence-corrected chi connectivity index (χ4v) is 3.09. The maximum atomic E-state index is 12.3. The fraction of sp³-hybridized carbons (Fsp3) is 0.333. The summed E-state index contributed by atoms with van der Waals surface area (Å²) in [6.45, 7) is 3.98. The van der Waals surface area contributed by atoms with Crippen LogP contribution in [0.3, 0.4) is 0 Å². The van der Waals surface area contributed by atoms with Crippen molar-refractivity contribution in [3.8, 4) is 11.5 Å². The van der Waals surface area contributed by atoms with E-state index in [4.69, 9.17) is 9.47 Å². The van der Waals surface area contributed by atoms with E-state index < -0.39 is 11.8 Å². The number of nitrogens with one attached hydrogen (secondary N) is 2. The molecule has 2 N–H and O–H groups in total. The molecule has 0 aliphatic carbocycles. The lowest BCUT2D eigenvalue weighted by atomic mass is 10.2. The van der Waals surface area contributed by atoms with Gasteiger partial charge in [-0.2, -0.15) is 0 Å². The zero-order valence-corrected chi connectivity index (χ0v) is 16.9. The van der Waals surface area contributed by atoms with Crippen LogP contribution in [0.5, 0.6) is 11.5 Å². The summed E-state index contributed by atoms with van der Waals surface area (Å²) in [6.07, 6.45) is 0. The average molecular weight is 398 g/mol. The highest BCUT2D eigenvalue weighted by molar-refractivity contribution is 6.43. The second-order valence-electron chi connectivity index (χ2n) is 6.81. The Hall–Kier alpha value is -3.26. The summed E-state index contributed by atoms with van der Waals surface area (Å²) in [4.78, 5) is 29.1. The zero-order chi connectivity index (χ0) is 20.8. The average Bonchev–Trinajstić information content (AvgIpc) is 2.75. The molecule has 1 aliphatic rings. The molecular weight excluding hydrogens is 372 g/mol. The minimum absolute atomic E-state index is 0.388. The van der Waals surface area contributed by atoms with Gasteiger partial charge >= 0.3 is 11.8 Å². The van der Waals surface area contributed by atoms with E-state index >= 15 is 0 Å². The van der Waals surface area contributed by atoms with Gasteiger partial charge in [0.1, 0.15) is 11.5 Å². The topological polar surface area (TPSA) is 83.1 Å². The highest BCUT2D eigenvalue weighted by Crippen LogP contribution is 2.29. The van der Waals surface area contributed by atoms with Crippen molar-refractivity contribution >= 4 is 28.9 Å². The number of hydrogen-bond donors (Lipinski definition) is 2. The summed E-state index contributed by atoms with van der Waals surface area (Å²) in [5.41, 5.74) is 2.05. The van der Waals surface area contributed by atoms with Crippen LogP contribution in [0.25, 0.3) is 0 Å². The SMILES string of the molecule is COc1ccc(NC(=O)C(=O)Nc2ccc(N3CCN(C)CC3)cc2)c(OC)c1. The first kappa shape index (κ1) is 20.5. The van der Waals surface area contributed by atoms with E-state index in [2.05, 4.69) is 27.5 Å². The van der Waals surface area contributed by atoms with E-state index in [1.165, 1.54) is 14.2 Å². The van der Waals surface area contributed by atoms with Crippen molar-refractivity contribution in [2.75, 3.05) is 63.0 Å². The summed E-state index contributed by atoms with van der Waals surface area (Å²) in [7, 11) is 5.13. The number of amides is 2. The van der Waals surface area contributed by atoms with Crippen LogP contribution in [0.15, 0.2) is 42.5 Å². The third-order valence-electron chi connectivity index (χ3n) is 4.86. The van der Waals surface area contributed by atoms with Crippen molar-refractivity contribution in [2.24, 2.45) is 0 Å². The standard InChI is InChI=1S/C21H26N4O4/c1-24-10-12-25(13-11-24)16-6-4-15(5-7-16)22-20(26)21(27)23-18-9-8-17(28-2)14-19(18)29-3/h4-9,14H,10-13H2,1-3H3,(H,22,26)(H,23,27). The van der Waals surface area contributed by atoms with Gasteiger partial charge in [-0.15, -0.1) is 0 Å². The van der Waals surface area contributed by atoms with Crippen molar-refractivity contribution in [3.63, 3.8) is 0 Å². The predicted octanol–water partition coefficient (Wildman–Crippen LogP) is 2.03. The van der Waals surface area contributed by atoms with Gasteiger partial charge in [0, 0.05) is 43.6 Å². The van der Waals surface area contributed by atoms with Crippen LogP contribution in [-0.2, 0) is 9.59 Å². The molecule has 0 spiro atoms. The van der Waals surface area contributed by atoms with Gasteiger partial charge in [0.2, 0.25) is 0 Å². The van der Waals surface area contributed by atoms with Gasteiger partial charge < -0.3 is 29.9 Å². The van der Waals surface area contributed by atoms with Gasteiger partial charge in [0.25, 0.3) is 0 Å². The Kier molecular flexibility index (Phi) is 6.56.